The zero-order chi connectivity index (χ0) is 10.9. The number of unbranched alkanes of at least 4 members (excludes halogenated alkanes) is 2. The van der Waals surface area contributed by atoms with Crippen LogP contribution in [0.25, 0.3) is 0 Å². The van der Waals surface area contributed by atoms with E-state index in [1.807, 2.05) is 19.9 Å². The first-order valence-electron chi connectivity index (χ1n) is 5.17. The van der Waals surface area contributed by atoms with Crippen molar-refractivity contribution in [2.75, 3.05) is 19.4 Å². The SMILES string of the molecule is C=CCCCCP(=O)(OCC)OCC. The lowest BCUT2D eigenvalue weighted by Crippen LogP contribution is -2.00. The van der Waals surface area contributed by atoms with Crippen molar-refractivity contribution in [1.29, 1.82) is 0 Å². The van der Waals surface area contributed by atoms with Crippen molar-refractivity contribution in [3.05, 3.63) is 12.7 Å². The summed E-state index contributed by atoms with van der Waals surface area (Å²) < 4.78 is 22.2. The van der Waals surface area contributed by atoms with Crippen LogP contribution in [-0.2, 0) is 13.6 Å². The maximum Gasteiger partial charge on any atom is 0.330 e. The van der Waals surface area contributed by atoms with E-state index < -0.39 is 7.60 Å². The van der Waals surface area contributed by atoms with Crippen molar-refractivity contribution in [1.82, 2.24) is 0 Å². The van der Waals surface area contributed by atoms with Crippen LogP contribution in [0.1, 0.15) is 33.1 Å². The van der Waals surface area contributed by atoms with Gasteiger partial charge in [0, 0.05) is 0 Å². The minimum absolute atomic E-state index is 0.443. The van der Waals surface area contributed by atoms with Gasteiger partial charge in [0.15, 0.2) is 0 Å². The van der Waals surface area contributed by atoms with Gasteiger partial charge in [-0.2, -0.15) is 0 Å². The van der Waals surface area contributed by atoms with E-state index in [0.29, 0.717) is 19.4 Å². The van der Waals surface area contributed by atoms with Gasteiger partial charge in [-0.15, -0.1) is 6.58 Å². The zero-order valence-electron chi connectivity index (χ0n) is 9.20. The average Bonchev–Trinajstić information content (AvgIpc) is 2.13. The summed E-state index contributed by atoms with van der Waals surface area (Å²) in [5.41, 5.74) is 0. The molecule has 0 radical (unpaired) electrons. The number of hydrogen-bond donors (Lipinski definition) is 0. The van der Waals surface area contributed by atoms with Crippen LogP contribution in [0.4, 0.5) is 0 Å². The van der Waals surface area contributed by atoms with E-state index in [9.17, 15) is 4.57 Å². The second kappa shape index (κ2) is 8.22. The average molecular weight is 220 g/mol. The molecule has 0 bridgehead atoms. The third kappa shape index (κ3) is 6.36. The molecular weight excluding hydrogens is 199 g/mol. The molecule has 0 N–H and O–H groups in total. The molecule has 0 amide bonds. The van der Waals surface area contributed by atoms with E-state index in [2.05, 4.69) is 6.58 Å². The number of hydrogen-bond acceptors (Lipinski definition) is 3. The van der Waals surface area contributed by atoms with E-state index in [4.69, 9.17) is 9.05 Å². The first-order chi connectivity index (χ1) is 6.68. The Morgan fingerprint density at radius 2 is 1.79 bits per heavy atom. The Morgan fingerprint density at radius 1 is 1.21 bits per heavy atom. The molecule has 0 aromatic rings. The van der Waals surface area contributed by atoms with Gasteiger partial charge < -0.3 is 9.05 Å². The minimum Gasteiger partial charge on any atom is -0.309 e. The lowest BCUT2D eigenvalue weighted by atomic mass is 10.2. The highest BCUT2D eigenvalue weighted by molar-refractivity contribution is 7.53. The number of rotatable bonds is 9. The molecule has 4 heteroatoms. The highest BCUT2D eigenvalue weighted by atomic mass is 31.2. The molecule has 3 nitrogen and oxygen atoms in total. The van der Waals surface area contributed by atoms with Gasteiger partial charge >= 0.3 is 7.60 Å². The normalized spacial score (nSPS) is 11.6. The van der Waals surface area contributed by atoms with Gasteiger partial charge in [-0.05, 0) is 33.1 Å². The van der Waals surface area contributed by atoms with Crippen LogP contribution in [0.15, 0.2) is 12.7 Å². The molecule has 0 aromatic carbocycles. The maximum absolute atomic E-state index is 11.9. The second-order valence-corrected chi connectivity index (χ2v) is 5.14. The van der Waals surface area contributed by atoms with Gasteiger partial charge in [-0.25, -0.2) is 0 Å². The van der Waals surface area contributed by atoms with Crippen LogP contribution in [0.5, 0.6) is 0 Å². The van der Waals surface area contributed by atoms with Crippen LogP contribution in [-0.4, -0.2) is 19.4 Å². The first-order valence-corrected chi connectivity index (χ1v) is 6.90. The largest absolute Gasteiger partial charge is 0.330 e. The topological polar surface area (TPSA) is 35.5 Å². The fourth-order valence-corrected chi connectivity index (χ4v) is 2.88. The fraction of sp³-hybridized carbons (Fsp3) is 0.800. The molecule has 84 valence electrons. The van der Waals surface area contributed by atoms with Crippen molar-refractivity contribution in [3.8, 4) is 0 Å². The summed E-state index contributed by atoms with van der Waals surface area (Å²) in [6.07, 6.45) is 5.20. The van der Waals surface area contributed by atoms with Gasteiger partial charge in [0.2, 0.25) is 0 Å². The third-order valence-corrected chi connectivity index (χ3v) is 3.91. The van der Waals surface area contributed by atoms with Crippen molar-refractivity contribution in [3.63, 3.8) is 0 Å². The first kappa shape index (κ1) is 13.9. The summed E-state index contributed by atoms with van der Waals surface area (Å²) >= 11 is 0. The summed E-state index contributed by atoms with van der Waals surface area (Å²) in [7, 11) is -2.79. The Kier molecular flexibility index (Phi) is 8.15. The monoisotopic (exact) mass is 220 g/mol. The van der Waals surface area contributed by atoms with Crippen LogP contribution >= 0.6 is 7.60 Å². The van der Waals surface area contributed by atoms with Gasteiger partial charge in [0.1, 0.15) is 0 Å². The molecule has 0 spiro atoms. The van der Waals surface area contributed by atoms with E-state index in [0.717, 1.165) is 19.3 Å². The summed E-state index contributed by atoms with van der Waals surface area (Å²) in [6, 6.07) is 0. The Hall–Kier alpha value is -0.110. The third-order valence-electron chi connectivity index (χ3n) is 1.74. The highest BCUT2D eigenvalue weighted by Crippen LogP contribution is 2.48. The predicted octanol–water partition coefficient (Wildman–Crippen LogP) is 3.61. The molecule has 0 saturated carbocycles. The van der Waals surface area contributed by atoms with E-state index in [-0.39, 0.29) is 0 Å². The second-order valence-electron chi connectivity index (χ2n) is 2.95. The minimum atomic E-state index is -2.79. The molecule has 0 saturated heterocycles. The van der Waals surface area contributed by atoms with Crippen LogP contribution in [0.3, 0.4) is 0 Å². The smallest absolute Gasteiger partial charge is 0.309 e. The molecular formula is C10H21O3P. The lowest BCUT2D eigenvalue weighted by Gasteiger charge is -2.16. The van der Waals surface area contributed by atoms with Gasteiger partial charge in [0.25, 0.3) is 0 Å². The molecule has 0 rings (SSSR count). The Balaban J connectivity index is 3.83. The van der Waals surface area contributed by atoms with Gasteiger partial charge in [0.05, 0.1) is 19.4 Å². The van der Waals surface area contributed by atoms with Crippen LogP contribution < -0.4 is 0 Å². The maximum atomic E-state index is 11.9. The predicted molar refractivity (Wildman–Crippen MR) is 59.8 cm³/mol. The molecule has 0 aromatic heterocycles. The fourth-order valence-electron chi connectivity index (χ4n) is 1.15. The molecule has 0 aliphatic rings. The molecule has 0 atom stereocenters. The van der Waals surface area contributed by atoms with Crippen molar-refractivity contribution >= 4 is 7.60 Å². The van der Waals surface area contributed by atoms with Crippen molar-refractivity contribution < 1.29 is 13.6 Å². The molecule has 0 heterocycles. The summed E-state index contributed by atoms with van der Waals surface area (Å²) in [5, 5.41) is 0. The number of allylic oxidation sites excluding steroid dienone is 1. The quantitative estimate of drug-likeness (QED) is 0.338. The van der Waals surface area contributed by atoms with Crippen LogP contribution in [0.2, 0.25) is 0 Å². The molecule has 0 aliphatic heterocycles. The molecule has 14 heavy (non-hydrogen) atoms. The van der Waals surface area contributed by atoms with Gasteiger partial charge in [-0.3, -0.25) is 4.57 Å². The Morgan fingerprint density at radius 3 is 2.21 bits per heavy atom. The van der Waals surface area contributed by atoms with Crippen molar-refractivity contribution in [2.45, 2.75) is 33.1 Å². The highest BCUT2D eigenvalue weighted by Gasteiger charge is 2.21. The molecule has 0 fully saturated rings. The summed E-state index contributed by atoms with van der Waals surface area (Å²) in [6.45, 7) is 8.18. The van der Waals surface area contributed by atoms with Gasteiger partial charge in [-0.1, -0.05) is 6.08 Å². The lowest BCUT2D eigenvalue weighted by molar-refractivity contribution is 0.219. The van der Waals surface area contributed by atoms with Crippen molar-refractivity contribution in [2.24, 2.45) is 0 Å². The van der Waals surface area contributed by atoms with E-state index in [1.165, 1.54) is 0 Å². The standard InChI is InChI=1S/C10H21O3P/c1-4-7-8-9-10-14(11,12-5-2)13-6-3/h4H,1,5-10H2,2-3H3. The summed E-state index contributed by atoms with van der Waals surface area (Å²) in [4.78, 5) is 0. The van der Waals surface area contributed by atoms with E-state index >= 15 is 0 Å². The zero-order valence-corrected chi connectivity index (χ0v) is 10.1. The Bertz CT molecular complexity index is 182. The Labute approximate surface area is 87.0 Å². The van der Waals surface area contributed by atoms with Crippen LogP contribution in [0, 0.1) is 0 Å². The van der Waals surface area contributed by atoms with E-state index in [1.54, 1.807) is 0 Å². The summed E-state index contributed by atoms with van der Waals surface area (Å²) in [5.74, 6) is 0. The molecule has 0 unspecified atom stereocenters. The molecule has 0 aliphatic carbocycles.